The van der Waals surface area contributed by atoms with E-state index < -0.39 is 0 Å². The Morgan fingerprint density at radius 1 is 1.07 bits per heavy atom. The van der Waals surface area contributed by atoms with Crippen molar-refractivity contribution in [1.29, 1.82) is 0 Å². The van der Waals surface area contributed by atoms with Crippen LogP contribution in [0.1, 0.15) is 20.8 Å². The number of carbonyl (C=O) groups excluding carboxylic acids is 1. The average molecular weight is 425 g/mol. The Morgan fingerprint density at radius 2 is 1.73 bits per heavy atom. The zero-order valence-electron chi connectivity index (χ0n) is 17.8. The Labute approximate surface area is 180 Å². The number of nitrogens with zero attached hydrogens (tertiary/aromatic N) is 4. The van der Waals surface area contributed by atoms with E-state index in [4.69, 9.17) is 4.98 Å². The molecule has 1 aliphatic rings. The largest absolute Gasteiger partial charge is 0.339 e. The number of fused-ring (bicyclic) bond motifs is 2. The zero-order valence-corrected chi connectivity index (χ0v) is 18.6. The number of hydrogen-bond donors (Lipinski definition) is 0. The van der Waals surface area contributed by atoms with Crippen molar-refractivity contribution >= 4 is 39.3 Å². The molecule has 30 heavy (non-hydrogen) atoms. The summed E-state index contributed by atoms with van der Waals surface area (Å²) in [6, 6.07) is 11.9. The monoisotopic (exact) mass is 424 g/mol. The molecule has 158 valence electrons. The number of likely N-dealkylation sites (N-methyl/N-ethyl adjacent to an activating group) is 1. The van der Waals surface area contributed by atoms with E-state index in [1.165, 1.54) is 11.8 Å². The number of rotatable bonds is 5. The topological polar surface area (TPSA) is 58.4 Å². The summed E-state index contributed by atoms with van der Waals surface area (Å²) in [5.74, 6) is 0.117. The highest BCUT2D eigenvalue weighted by Gasteiger charge is 2.26. The summed E-state index contributed by atoms with van der Waals surface area (Å²) >= 11 is 1.38. The Kier molecular flexibility index (Phi) is 6.11. The van der Waals surface area contributed by atoms with Gasteiger partial charge in [-0.15, -0.1) is 0 Å². The first kappa shape index (κ1) is 20.9. The summed E-state index contributed by atoms with van der Waals surface area (Å²) in [4.78, 5) is 35.2. The zero-order chi connectivity index (χ0) is 21.3. The molecule has 1 atom stereocenters. The number of piperazine rings is 1. The van der Waals surface area contributed by atoms with Gasteiger partial charge < -0.3 is 9.80 Å². The molecule has 2 aromatic carbocycles. The molecule has 2 heterocycles. The average Bonchev–Trinajstić information content (AvgIpc) is 2.78. The first-order chi connectivity index (χ1) is 14.5. The maximum absolute atomic E-state index is 13.2. The molecule has 4 rings (SSSR count). The fourth-order valence-electron chi connectivity index (χ4n) is 4.01. The second-order valence-corrected chi connectivity index (χ2v) is 8.99. The van der Waals surface area contributed by atoms with Crippen LogP contribution in [0.4, 0.5) is 0 Å². The molecule has 7 heteroatoms. The van der Waals surface area contributed by atoms with E-state index in [2.05, 4.69) is 11.8 Å². The van der Waals surface area contributed by atoms with Crippen molar-refractivity contribution in [3.63, 3.8) is 0 Å². The van der Waals surface area contributed by atoms with Gasteiger partial charge in [-0.2, -0.15) is 0 Å². The van der Waals surface area contributed by atoms with Gasteiger partial charge >= 0.3 is 0 Å². The van der Waals surface area contributed by atoms with Crippen LogP contribution in [0.15, 0.2) is 46.3 Å². The lowest BCUT2D eigenvalue weighted by molar-refractivity contribution is -0.132. The molecule has 0 spiro atoms. The van der Waals surface area contributed by atoms with E-state index in [1.54, 1.807) is 4.57 Å². The van der Waals surface area contributed by atoms with Gasteiger partial charge in [0.1, 0.15) is 0 Å². The van der Waals surface area contributed by atoms with Gasteiger partial charge in [0.05, 0.1) is 16.2 Å². The van der Waals surface area contributed by atoms with Crippen molar-refractivity contribution < 1.29 is 4.79 Å². The molecular formula is C23H28N4O2S. The molecule has 6 nitrogen and oxygen atoms in total. The van der Waals surface area contributed by atoms with Crippen LogP contribution in [0.25, 0.3) is 21.7 Å². The van der Waals surface area contributed by atoms with Gasteiger partial charge in [0, 0.05) is 32.7 Å². The number of carbonyl (C=O) groups is 1. The molecular weight excluding hydrogens is 396 g/mol. The molecule has 0 radical (unpaired) electrons. The van der Waals surface area contributed by atoms with Crippen molar-refractivity contribution in [3.05, 3.63) is 46.8 Å². The van der Waals surface area contributed by atoms with Crippen LogP contribution in [0.5, 0.6) is 0 Å². The third-order valence-electron chi connectivity index (χ3n) is 5.86. The number of thioether (sulfide) groups is 1. The third-order valence-corrected chi connectivity index (χ3v) is 6.94. The van der Waals surface area contributed by atoms with Crippen molar-refractivity contribution in [3.8, 4) is 0 Å². The predicted molar refractivity (Wildman–Crippen MR) is 123 cm³/mol. The lowest BCUT2D eigenvalue weighted by atomic mass is 10.1. The van der Waals surface area contributed by atoms with Gasteiger partial charge in [0.25, 0.3) is 5.56 Å². The van der Waals surface area contributed by atoms with E-state index in [1.807, 2.05) is 55.1 Å². The van der Waals surface area contributed by atoms with E-state index >= 15 is 0 Å². The molecule has 0 bridgehead atoms. The Morgan fingerprint density at radius 3 is 2.37 bits per heavy atom. The molecule has 3 aromatic rings. The van der Waals surface area contributed by atoms with Crippen LogP contribution < -0.4 is 5.56 Å². The smallest absolute Gasteiger partial charge is 0.262 e. The van der Waals surface area contributed by atoms with Gasteiger partial charge in [-0.25, -0.2) is 4.98 Å². The third kappa shape index (κ3) is 3.96. The SMILES string of the molecule is CCN1CCN(C(=O)[C@H](C)Sc2nc3cc4ccccc4cc3c(=O)n2CC)CC1. The Balaban J connectivity index is 1.63. The molecule has 1 aromatic heterocycles. The summed E-state index contributed by atoms with van der Waals surface area (Å²) in [5, 5.41) is 3.02. The van der Waals surface area contributed by atoms with Crippen LogP contribution in [0.3, 0.4) is 0 Å². The summed E-state index contributed by atoms with van der Waals surface area (Å²) in [7, 11) is 0. The van der Waals surface area contributed by atoms with Gasteiger partial charge in [-0.1, -0.05) is 43.0 Å². The van der Waals surface area contributed by atoms with Crippen LogP contribution in [-0.2, 0) is 11.3 Å². The van der Waals surface area contributed by atoms with Crippen LogP contribution in [-0.4, -0.2) is 63.2 Å². The minimum atomic E-state index is -0.291. The predicted octanol–water partition coefficient (Wildman–Crippen LogP) is 3.21. The molecule has 1 fully saturated rings. The molecule has 0 unspecified atom stereocenters. The van der Waals surface area contributed by atoms with Crippen molar-refractivity contribution in [2.75, 3.05) is 32.7 Å². The van der Waals surface area contributed by atoms with E-state index in [0.717, 1.165) is 43.5 Å². The second-order valence-electron chi connectivity index (χ2n) is 7.68. The van der Waals surface area contributed by atoms with Gasteiger partial charge in [-0.3, -0.25) is 14.2 Å². The lowest BCUT2D eigenvalue weighted by Gasteiger charge is -2.35. The van der Waals surface area contributed by atoms with Gasteiger partial charge in [0.15, 0.2) is 5.16 Å². The first-order valence-electron chi connectivity index (χ1n) is 10.6. The maximum atomic E-state index is 13.2. The van der Waals surface area contributed by atoms with Crippen LogP contribution in [0, 0.1) is 0 Å². The van der Waals surface area contributed by atoms with Crippen molar-refractivity contribution in [2.24, 2.45) is 0 Å². The van der Waals surface area contributed by atoms with Crippen LogP contribution >= 0.6 is 11.8 Å². The number of benzene rings is 2. The maximum Gasteiger partial charge on any atom is 0.262 e. The highest BCUT2D eigenvalue weighted by molar-refractivity contribution is 8.00. The van der Waals surface area contributed by atoms with E-state index in [9.17, 15) is 9.59 Å². The second kappa shape index (κ2) is 8.78. The number of hydrogen-bond acceptors (Lipinski definition) is 5. The van der Waals surface area contributed by atoms with Gasteiger partial charge in [-0.05, 0) is 43.3 Å². The van der Waals surface area contributed by atoms with E-state index in [-0.39, 0.29) is 16.7 Å². The highest BCUT2D eigenvalue weighted by Crippen LogP contribution is 2.26. The minimum absolute atomic E-state index is 0.0491. The number of amides is 1. The normalized spacial score (nSPS) is 16.3. The van der Waals surface area contributed by atoms with Gasteiger partial charge in [0.2, 0.25) is 5.91 Å². The molecule has 0 aliphatic carbocycles. The molecule has 1 saturated heterocycles. The Hall–Kier alpha value is -2.38. The number of aromatic nitrogens is 2. The standard InChI is InChI=1S/C23H28N4O2S/c1-4-25-10-12-26(13-11-25)21(28)16(3)30-23-24-20-15-18-9-7-6-8-17(18)14-19(20)22(29)27(23)5-2/h6-9,14-16H,4-5,10-13H2,1-3H3/t16-/m0/s1. The summed E-state index contributed by atoms with van der Waals surface area (Å²) in [5.41, 5.74) is 0.633. The van der Waals surface area contributed by atoms with Crippen molar-refractivity contribution in [1.82, 2.24) is 19.4 Å². The summed E-state index contributed by atoms with van der Waals surface area (Å²) in [6.07, 6.45) is 0. The quantitative estimate of drug-likeness (QED) is 0.358. The summed E-state index contributed by atoms with van der Waals surface area (Å²) in [6.45, 7) is 10.9. The first-order valence-corrected chi connectivity index (χ1v) is 11.5. The van der Waals surface area contributed by atoms with E-state index in [0.29, 0.717) is 22.6 Å². The highest BCUT2D eigenvalue weighted by atomic mass is 32.2. The van der Waals surface area contributed by atoms with Crippen molar-refractivity contribution in [2.45, 2.75) is 37.7 Å². The lowest BCUT2D eigenvalue weighted by Crippen LogP contribution is -2.50. The Bertz CT molecular complexity index is 1140. The fourth-order valence-corrected chi connectivity index (χ4v) is 5.06. The fraction of sp³-hybridized carbons (Fsp3) is 0.435. The molecule has 1 amide bonds. The molecule has 1 aliphatic heterocycles. The minimum Gasteiger partial charge on any atom is -0.339 e. The molecule has 0 N–H and O–H groups in total. The molecule has 0 saturated carbocycles. The van der Waals surface area contributed by atoms with Crippen LogP contribution in [0.2, 0.25) is 0 Å². The summed E-state index contributed by atoms with van der Waals surface area (Å²) < 4.78 is 1.68.